The van der Waals surface area contributed by atoms with Gasteiger partial charge in [-0.05, 0) is 44.4 Å². The van der Waals surface area contributed by atoms with Crippen molar-refractivity contribution in [3.63, 3.8) is 0 Å². The Labute approximate surface area is 123 Å². The Morgan fingerprint density at radius 3 is 2.50 bits per heavy atom. The maximum Gasteiger partial charge on any atom is 0.194 e. The van der Waals surface area contributed by atoms with Crippen LogP contribution in [-0.2, 0) is 4.74 Å². The fourth-order valence-corrected chi connectivity index (χ4v) is 3.98. The van der Waals surface area contributed by atoms with Gasteiger partial charge in [-0.3, -0.25) is 4.99 Å². The van der Waals surface area contributed by atoms with Crippen LogP contribution >= 0.6 is 0 Å². The lowest BCUT2D eigenvalue weighted by Crippen LogP contribution is -2.40. The van der Waals surface area contributed by atoms with Gasteiger partial charge in [0.25, 0.3) is 0 Å². The van der Waals surface area contributed by atoms with E-state index >= 15 is 0 Å². The van der Waals surface area contributed by atoms with Crippen molar-refractivity contribution in [2.75, 3.05) is 32.8 Å². The molecule has 3 fully saturated rings. The number of nitrogens with one attached hydrogen (secondary N) is 1. The molecule has 1 N–H and O–H groups in total. The second kappa shape index (κ2) is 6.79. The lowest BCUT2D eigenvalue weighted by Gasteiger charge is -2.22. The number of guanidine groups is 1. The number of ether oxygens (including phenoxy) is 1. The van der Waals surface area contributed by atoms with E-state index in [1.165, 1.54) is 51.6 Å². The summed E-state index contributed by atoms with van der Waals surface area (Å²) in [6, 6.07) is 0. The maximum absolute atomic E-state index is 5.69. The van der Waals surface area contributed by atoms with Crippen LogP contribution in [0.4, 0.5) is 0 Å². The van der Waals surface area contributed by atoms with Gasteiger partial charge in [0, 0.05) is 26.2 Å². The zero-order valence-electron chi connectivity index (χ0n) is 12.8. The molecule has 0 bridgehead atoms. The number of rotatable bonds is 3. The Morgan fingerprint density at radius 1 is 1.15 bits per heavy atom. The van der Waals surface area contributed by atoms with Crippen LogP contribution in [0.1, 0.15) is 45.4 Å². The summed E-state index contributed by atoms with van der Waals surface area (Å²) in [6.07, 6.45) is 8.43. The zero-order valence-corrected chi connectivity index (χ0v) is 12.8. The van der Waals surface area contributed by atoms with Gasteiger partial charge in [0.2, 0.25) is 0 Å². The minimum Gasteiger partial charge on any atom is -0.376 e. The monoisotopic (exact) mass is 279 g/mol. The summed E-state index contributed by atoms with van der Waals surface area (Å²) < 4.78 is 5.69. The molecule has 3 aliphatic rings. The molecule has 0 spiro atoms. The Morgan fingerprint density at radius 2 is 1.90 bits per heavy atom. The van der Waals surface area contributed by atoms with Crippen LogP contribution in [0.3, 0.4) is 0 Å². The average Bonchev–Trinajstić information content (AvgIpc) is 3.12. The molecule has 3 rings (SSSR count). The second-order valence-corrected chi connectivity index (χ2v) is 6.54. The SMILES string of the molecule is CCNC(=NCC1CCCO1)N1CC2CCCCC2C1. The highest BCUT2D eigenvalue weighted by Gasteiger charge is 2.35. The van der Waals surface area contributed by atoms with Crippen LogP contribution in [0.2, 0.25) is 0 Å². The summed E-state index contributed by atoms with van der Waals surface area (Å²) in [4.78, 5) is 7.34. The van der Waals surface area contributed by atoms with Crippen LogP contribution in [0.5, 0.6) is 0 Å². The van der Waals surface area contributed by atoms with E-state index in [9.17, 15) is 0 Å². The van der Waals surface area contributed by atoms with Gasteiger partial charge < -0.3 is 15.0 Å². The van der Waals surface area contributed by atoms with Gasteiger partial charge in [-0.2, -0.15) is 0 Å². The van der Waals surface area contributed by atoms with Gasteiger partial charge in [0.05, 0.1) is 12.6 Å². The predicted molar refractivity (Wildman–Crippen MR) is 82.0 cm³/mol. The Bertz CT molecular complexity index is 325. The summed E-state index contributed by atoms with van der Waals surface area (Å²) in [5.74, 6) is 2.95. The van der Waals surface area contributed by atoms with Crippen molar-refractivity contribution < 1.29 is 4.74 Å². The standard InChI is InChI=1S/C16H29N3O/c1-2-17-16(18-10-15-8-5-9-20-15)19-11-13-6-3-4-7-14(13)12-19/h13-15H,2-12H2,1H3,(H,17,18). The molecule has 1 saturated carbocycles. The summed E-state index contributed by atoms with van der Waals surface area (Å²) in [5.41, 5.74) is 0. The average molecular weight is 279 g/mol. The predicted octanol–water partition coefficient (Wildman–Crippen LogP) is 2.25. The van der Waals surface area contributed by atoms with E-state index < -0.39 is 0 Å². The van der Waals surface area contributed by atoms with E-state index in [0.29, 0.717) is 6.10 Å². The molecular weight excluding hydrogens is 250 g/mol. The summed E-state index contributed by atoms with van der Waals surface area (Å²) >= 11 is 0. The van der Waals surface area contributed by atoms with E-state index in [-0.39, 0.29) is 0 Å². The molecule has 20 heavy (non-hydrogen) atoms. The first kappa shape index (κ1) is 14.2. The van der Waals surface area contributed by atoms with E-state index in [0.717, 1.165) is 37.5 Å². The van der Waals surface area contributed by atoms with E-state index in [4.69, 9.17) is 9.73 Å². The fourth-order valence-electron chi connectivity index (χ4n) is 3.98. The number of hydrogen-bond acceptors (Lipinski definition) is 2. The minimum atomic E-state index is 0.355. The third-order valence-electron chi connectivity index (χ3n) is 5.08. The molecule has 0 amide bonds. The van der Waals surface area contributed by atoms with Crippen LogP contribution in [0.25, 0.3) is 0 Å². The lowest BCUT2D eigenvalue weighted by molar-refractivity contribution is 0.117. The number of nitrogens with zero attached hydrogens (tertiary/aromatic N) is 2. The van der Waals surface area contributed by atoms with Gasteiger partial charge >= 0.3 is 0 Å². The topological polar surface area (TPSA) is 36.9 Å². The largest absolute Gasteiger partial charge is 0.376 e. The van der Waals surface area contributed by atoms with Gasteiger partial charge in [0.15, 0.2) is 5.96 Å². The van der Waals surface area contributed by atoms with Crippen LogP contribution < -0.4 is 5.32 Å². The van der Waals surface area contributed by atoms with Crippen LogP contribution in [0.15, 0.2) is 4.99 Å². The molecule has 4 nitrogen and oxygen atoms in total. The minimum absolute atomic E-state index is 0.355. The molecule has 3 atom stereocenters. The molecule has 2 aliphatic heterocycles. The zero-order chi connectivity index (χ0) is 13.8. The Hall–Kier alpha value is -0.770. The summed E-state index contributed by atoms with van der Waals surface area (Å²) in [7, 11) is 0. The van der Waals surface area contributed by atoms with Crippen LogP contribution in [-0.4, -0.2) is 49.7 Å². The van der Waals surface area contributed by atoms with Crippen molar-refractivity contribution in [1.29, 1.82) is 0 Å². The normalized spacial score (nSPS) is 34.4. The highest BCUT2D eigenvalue weighted by atomic mass is 16.5. The number of likely N-dealkylation sites (tertiary alicyclic amines) is 1. The van der Waals surface area contributed by atoms with Crippen molar-refractivity contribution in [2.24, 2.45) is 16.8 Å². The second-order valence-electron chi connectivity index (χ2n) is 6.54. The molecule has 0 aromatic heterocycles. The van der Waals surface area contributed by atoms with Gasteiger partial charge in [-0.1, -0.05) is 12.8 Å². The molecule has 0 aromatic carbocycles. The molecule has 4 heteroatoms. The molecule has 0 aromatic rings. The van der Waals surface area contributed by atoms with Crippen molar-refractivity contribution >= 4 is 5.96 Å². The molecule has 2 saturated heterocycles. The fraction of sp³-hybridized carbons (Fsp3) is 0.938. The number of aliphatic imine (C=N–C) groups is 1. The number of fused-ring (bicyclic) bond motifs is 1. The molecular formula is C16H29N3O. The molecule has 3 unspecified atom stereocenters. The smallest absolute Gasteiger partial charge is 0.194 e. The van der Waals surface area contributed by atoms with E-state index in [1.54, 1.807) is 0 Å². The quantitative estimate of drug-likeness (QED) is 0.636. The van der Waals surface area contributed by atoms with Gasteiger partial charge in [0.1, 0.15) is 0 Å². The Balaban J connectivity index is 1.59. The highest BCUT2D eigenvalue weighted by Crippen LogP contribution is 2.35. The van der Waals surface area contributed by atoms with Crippen molar-refractivity contribution in [2.45, 2.75) is 51.6 Å². The lowest BCUT2D eigenvalue weighted by atomic mass is 9.82. The van der Waals surface area contributed by atoms with Crippen molar-refractivity contribution in [3.05, 3.63) is 0 Å². The highest BCUT2D eigenvalue weighted by molar-refractivity contribution is 5.80. The molecule has 0 radical (unpaired) electrons. The molecule has 114 valence electrons. The molecule has 1 aliphatic carbocycles. The van der Waals surface area contributed by atoms with Gasteiger partial charge in [-0.15, -0.1) is 0 Å². The molecule has 2 heterocycles. The van der Waals surface area contributed by atoms with E-state index in [1.807, 2.05) is 0 Å². The third-order valence-corrected chi connectivity index (χ3v) is 5.08. The third kappa shape index (κ3) is 3.27. The van der Waals surface area contributed by atoms with Crippen molar-refractivity contribution in [1.82, 2.24) is 10.2 Å². The maximum atomic E-state index is 5.69. The number of hydrogen-bond donors (Lipinski definition) is 1. The van der Waals surface area contributed by atoms with Crippen molar-refractivity contribution in [3.8, 4) is 0 Å². The van der Waals surface area contributed by atoms with Crippen LogP contribution in [0, 0.1) is 11.8 Å². The van der Waals surface area contributed by atoms with Gasteiger partial charge in [-0.25, -0.2) is 0 Å². The Kier molecular flexibility index (Phi) is 4.81. The summed E-state index contributed by atoms with van der Waals surface area (Å²) in [6.45, 7) is 7.28. The van der Waals surface area contributed by atoms with E-state index in [2.05, 4.69) is 17.1 Å². The first-order valence-corrected chi connectivity index (χ1v) is 8.51. The first-order valence-electron chi connectivity index (χ1n) is 8.51. The summed E-state index contributed by atoms with van der Waals surface area (Å²) in [5, 5.41) is 3.48. The first-order chi connectivity index (χ1) is 9.86.